The van der Waals surface area contributed by atoms with Crippen molar-refractivity contribution >= 4 is 23.2 Å². The Kier molecular flexibility index (Phi) is 2.95. The van der Waals surface area contributed by atoms with E-state index in [2.05, 4.69) is 4.98 Å². The third kappa shape index (κ3) is 2.88. The van der Waals surface area contributed by atoms with Gasteiger partial charge in [0.2, 0.25) is 0 Å². The van der Waals surface area contributed by atoms with Crippen LogP contribution in [0.5, 0.6) is 0 Å². The molecule has 0 aliphatic rings. The molecule has 1 aromatic heterocycles. The molecule has 0 bridgehead atoms. The van der Waals surface area contributed by atoms with Gasteiger partial charge in [-0.3, -0.25) is 4.79 Å². The van der Waals surface area contributed by atoms with Gasteiger partial charge in [-0.15, -0.1) is 0 Å². The molecule has 0 spiro atoms. The topological polar surface area (TPSA) is 42.0 Å². The summed E-state index contributed by atoms with van der Waals surface area (Å²) in [5.74, 6) is -2.04. The molecule has 1 N–H and O–H groups in total. The summed E-state index contributed by atoms with van der Waals surface area (Å²) in [6.45, 7) is 0. The van der Waals surface area contributed by atoms with Gasteiger partial charge in [-0.2, -0.15) is 13.2 Å². The third-order valence-electron chi connectivity index (χ3n) is 1.24. The summed E-state index contributed by atoms with van der Waals surface area (Å²) in [7, 11) is 0. The van der Waals surface area contributed by atoms with E-state index < -0.39 is 12.1 Å². The number of nitrogens with zero attached hydrogens (tertiary/aromatic N) is 1. The van der Waals surface area contributed by atoms with Gasteiger partial charge in [0.1, 0.15) is 5.15 Å². The lowest BCUT2D eigenvalue weighted by molar-refractivity contribution is -0.167. The quantitative estimate of drug-likeness (QED) is 0.744. The largest absolute Gasteiger partial charge is 0.471 e. The van der Waals surface area contributed by atoms with Gasteiger partial charge >= 0.3 is 12.1 Å². The Labute approximate surface area is 81.9 Å². The lowest BCUT2D eigenvalue weighted by Crippen LogP contribution is -2.29. The van der Waals surface area contributed by atoms with Crippen LogP contribution in [0.2, 0.25) is 5.15 Å². The summed E-state index contributed by atoms with van der Waals surface area (Å²) in [5.41, 5.74) is -0.0488. The molecule has 0 atom stereocenters. The summed E-state index contributed by atoms with van der Waals surface area (Å²) in [6.07, 6.45) is -3.72. The maximum atomic E-state index is 11.8. The molecule has 1 rings (SSSR count). The normalized spacial score (nSPS) is 11.1. The van der Waals surface area contributed by atoms with E-state index in [-0.39, 0.29) is 10.8 Å². The van der Waals surface area contributed by atoms with Crippen molar-refractivity contribution in [2.24, 2.45) is 0 Å². The molecule has 0 saturated heterocycles. The summed E-state index contributed by atoms with van der Waals surface area (Å²) in [5, 5.41) is 1.64. The van der Waals surface area contributed by atoms with Crippen LogP contribution in [0.1, 0.15) is 0 Å². The minimum atomic E-state index is -4.91. The standard InChI is InChI=1S/C7H4ClF3N2O/c8-5-3-4(1-2-12-5)13-6(14)7(9,10)11/h1-3H,(H,12,13,14). The van der Waals surface area contributed by atoms with Crippen LogP contribution < -0.4 is 5.32 Å². The summed E-state index contributed by atoms with van der Waals surface area (Å²) >= 11 is 5.40. The molecular weight excluding hydrogens is 221 g/mol. The van der Waals surface area contributed by atoms with Gasteiger partial charge in [0.25, 0.3) is 0 Å². The van der Waals surface area contributed by atoms with E-state index in [0.717, 1.165) is 6.07 Å². The van der Waals surface area contributed by atoms with Gasteiger partial charge in [-0.25, -0.2) is 4.98 Å². The summed E-state index contributed by atoms with van der Waals surface area (Å²) < 4.78 is 35.3. The molecule has 3 nitrogen and oxygen atoms in total. The number of anilines is 1. The van der Waals surface area contributed by atoms with Crippen LogP contribution in [-0.2, 0) is 4.79 Å². The number of aromatic nitrogens is 1. The first kappa shape index (κ1) is 10.8. The Morgan fingerprint density at radius 1 is 1.50 bits per heavy atom. The highest BCUT2D eigenvalue weighted by atomic mass is 35.5. The monoisotopic (exact) mass is 224 g/mol. The van der Waals surface area contributed by atoms with Crippen LogP contribution >= 0.6 is 11.6 Å². The number of amides is 1. The second-order valence-electron chi connectivity index (χ2n) is 2.32. The first-order chi connectivity index (χ1) is 6.39. The fraction of sp³-hybridized carbons (Fsp3) is 0.143. The van der Waals surface area contributed by atoms with Gasteiger partial charge in [-0.1, -0.05) is 11.6 Å². The van der Waals surface area contributed by atoms with E-state index in [1.165, 1.54) is 12.3 Å². The van der Waals surface area contributed by atoms with Crippen LogP contribution in [0.4, 0.5) is 18.9 Å². The van der Waals surface area contributed by atoms with Gasteiger partial charge in [0, 0.05) is 11.9 Å². The molecule has 1 amide bonds. The maximum Gasteiger partial charge on any atom is 0.471 e. The van der Waals surface area contributed by atoms with E-state index in [1.807, 2.05) is 0 Å². The van der Waals surface area contributed by atoms with Crippen LogP contribution in [0.25, 0.3) is 0 Å². The van der Waals surface area contributed by atoms with Crippen molar-refractivity contribution in [1.29, 1.82) is 0 Å². The van der Waals surface area contributed by atoms with Crippen LogP contribution in [-0.4, -0.2) is 17.1 Å². The van der Waals surface area contributed by atoms with E-state index >= 15 is 0 Å². The molecule has 0 aliphatic carbocycles. The second kappa shape index (κ2) is 3.83. The average molecular weight is 225 g/mol. The molecule has 1 heterocycles. The number of nitrogens with one attached hydrogen (secondary N) is 1. The lowest BCUT2D eigenvalue weighted by Gasteiger charge is -2.07. The van der Waals surface area contributed by atoms with Gasteiger partial charge < -0.3 is 5.32 Å². The smallest absolute Gasteiger partial charge is 0.318 e. The predicted molar refractivity (Wildman–Crippen MR) is 43.9 cm³/mol. The zero-order chi connectivity index (χ0) is 10.8. The molecule has 0 aliphatic heterocycles. The molecule has 0 radical (unpaired) electrons. The highest BCUT2D eigenvalue weighted by Crippen LogP contribution is 2.19. The number of carbonyl (C=O) groups is 1. The number of alkyl halides is 3. The first-order valence-corrected chi connectivity index (χ1v) is 3.77. The molecule has 14 heavy (non-hydrogen) atoms. The van der Waals surface area contributed by atoms with Gasteiger partial charge in [0.15, 0.2) is 0 Å². The van der Waals surface area contributed by atoms with E-state index in [0.29, 0.717) is 0 Å². The van der Waals surface area contributed by atoms with Crippen LogP contribution in [0.15, 0.2) is 18.3 Å². The summed E-state index contributed by atoms with van der Waals surface area (Å²) in [6, 6.07) is 2.32. The first-order valence-electron chi connectivity index (χ1n) is 3.39. The molecule has 1 aromatic rings. The van der Waals surface area contributed by atoms with Crippen molar-refractivity contribution in [2.75, 3.05) is 5.32 Å². The molecular formula is C7H4ClF3N2O. The van der Waals surface area contributed by atoms with Crippen molar-refractivity contribution in [1.82, 2.24) is 4.98 Å². The van der Waals surface area contributed by atoms with Crippen LogP contribution in [0.3, 0.4) is 0 Å². The van der Waals surface area contributed by atoms with Gasteiger partial charge in [0.05, 0.1) is 0 Å². The molecule has 7 heteroatoms. The third-order valence-corrected chi connectivity index (χ3v) is 1.45. The van der Waals surface area contributed by atoms with E-state index in [4.69, 9.17) is 11.6 Å². The molecule has 0 aromatic carbocycles. The van der Waals surface area contributed by atoms with E-state index in [9.17, 15) is 18.0 Å². The fourth-order valence-corrected chi connectivity index (χ4v) is 0.856. The Bertz CT molecular complexity index is 353. The Morgan fingerprint density at radius 3 is 2.64 bits per heavy atom. The molecule has 76 valence electrons. The summed E-state index contributed by atoms with van der Waals surface area (Å²) in [4.78, 5) is 14.0. The van der Waals surface area contributed by atoms with Crippen molar-refractivity contribution in [3.8, 4) is 0 Å². The SMILES string of the molecule is O=C(Nc1ccnc(Cl)c1)C(F)(F)F. The number of hydrogen-bond acceptors (Lipinski definition) is 2. The minimum Gasteiger partial charge on any atom is -0.318 e. The predicted octanol–water partition coefficient (Wildman–Crippen LogP) is 2.24. The highest BCUT2D eigenvalue weighted by molar-refractivity contribution is 6.29. The number of rotatable bonds is 1. The van der Waals surface area contributed by atoms with Gasteiger partial charge in [-0.05, 0) is 12.1 Å². The Balaban J connectivity index is 2.75. The number of carbonyl (C=O) groups excluding carboxylic acids is 1. The number of hydrogen-bond donors (Lipinski definition) is 1. The second-order valence-corrected chi connectivity index (χ2v) is 2.71. The maximum absolute atomic E-state index is 11.8. The zero-order valence-electron chi connectivity index (χ0n) is 6.60. The molecule has 0 unspecified atom stereocenters. The fourth-order valence-electron chi connectivity index (χ4n) is 0.682. The van der Waals surface area contributed by atoms with Crippen molar-refractivity contribution in [3.63, 3.8) is 0 Å². The number of halogens is 4. The molecule has 0 saturated carbocycles. The van der Waals surface area contributed by atoms with Crippen molar-refractivity contribution in [2.45, 2.75) is 6.18 Å². The Morgan fingerprint density at radius 2 is 2.14 bits per heavy atom. The average Bonchev–Trinajstić information content (AvgIpc) is 2.02. The van der Waals surface area contributed by atoms with Crippen molar-refractivity contribution < 1.29 is 18.0 Å². The minimum absolute atomic E-state index is 0.00461. The molecule has 0 fully saturated rings. The highest BCUT2D eigenvalue weighted by Gasteiger charge is 2.38. The lowest BCUT2D eigenvalue weighted by atomic mass is 10.4. The van der Waals surface area contributed by atoms with E-state index in [1.54, 1.807) is 5.32 Å². The Hall–Kier alpha value is -1.30. The van der Waals surface area contributed by atoms with Crippen molar-refractivity contribution in [3.05, 3.63) is 23.5 Å². The zero-order valence-corrected chi connectivity index (χ0v) is 7.36. The van der Waals surface area contributed by atoms with Crippen LogP contribution in [0, 0.1) is 0 Å². The number of pyridine rings is 1.